The maximum atomic E-state index is 12.0. The second-order valence-electron chi connectivity index (χ2n) is 5.44. The van der Waals surface area contributed by atoms with Crippen LogP contribution in [-0.4, -0.2) is 23.5 Å². The van der Waals surface area contributed by atoms with Crippen LogP contribution in [0.15, 0.2) is 42.6 Å². The predicted octanol–water partition coefficient (Wildman–Crippen LogP) is 2.87. The van der Waals surface area contributed by atoms with Crippen molar-refractivity contribution < 1.29 is 9.53 Å². The number of carbonyl (C=O) groups is 1. The van der Waals surface area contributed by atoms with Gasteiger partial charge in [0.2, 0.25) is 11.8 Å². The van der Waals surface area contributed by atoms with Crippen LogP contribution in [0.25, 0.3) is 0 Å². The first kappa shape index (κ1) is 14.5. The number of benzene rings is 1. The molecule has 114 valence electrons. The summed E-state index contributed by atoms with van der Waals surface area (Å²) in [6.07, 6.45) is 3.53. The molecule has 2 aromatic rings. The molecule has 1 aliphatic rings. The normalized spacial score (nSPS) is 17.2. The van der Waals surface area contributed by atoms with Crippen molar-refractivity contribution in [2.45, 2.75) is 25.8 Å². The Labute approximate surface area is 129 Å². The molecule has 2 N–H and O–H groups in total. The van der Waals surface area contributed by atoms with Crippen molar-refractivity contribution in [3.63, 3.8) is 0 Å². The Morgan fingerprint density at radius 2 is 2.09 bits per heavy atom. The molecule has 1 fully saturated rings. The third-order valence-electron chi connectivity index (χ3n) is 3.62. The molecular weight excluding hydrogens is 278 g/mol. The van der Waals surface area contributed by atoms with Crippen LogP contribution in [0.5, 0.6) is 11.6 Å². The molecule has 1 amide bonds. The van der Waals surface area contributed by atoms with Gasteiger partial charge in [0.15, 0.2) is 0 Å². The maximum Gasteiger partial charge on any atom is 0.241 e. The van der Waals surface area contributed by atoms with Crippen LogP contribution < -0.4 is 15.4 Å². The minimum atomic E-state index is -0.0940. The molecule has 1 atom stereocenters. The van der Waals surface area contributed by atoms with E-state index in [2.05, 4.69) is 15.6 Å². The summed E-state index contributed by atoms with van der Waals surface area (Å²) in [7, 11) is 0. The zero-order chi connectivity index (χ0) is 15.4. The minimum absolute atomic E-state index is 0.00787. The van der Waals surface area contributed by atoms with E-state index in [0.29, 0.717) is 11.6 Å². The average molecular weight is 297 g/mol. The maximum absolute atomic E-state index is 12.0. The number of aryl methyl sites for hydroxylation is 1. The zero-order valence-electron chi connectivity index (χ0n) is 12.5. The Bertz CT molecular complexity index is 632. The van der Waals surface area contributed by atoms with Crippen LogP contribution in [0, 0.1) is 6.92 Å². The number of pyridine rings is 1. The first-order valence-corrected chi connectivity index (χ1v) is 7.45. The highest BCUT2D eigenvalue weighted by Gasteiger charge is 2.21. The van der Waals surface area contributed by atoms with Crippen molar-refractivity contribution in [2.24, 2.45) is 0 Å². The van der Waals surface area contributed by atoms with Crippen LogP contribution in [0.2, 0.25) is 0 Å². The fourth-order valence-electron chi connectivity index (χ4n) is 2.38. The van der Waals surface area contributed by atoms with Crippen molar-refractivity contribution in [2.75, 3.05) is 11.9 Å². The quantitative estimate of drug-likeness (QED) is 0.911. The number of aromatic nitrogens is 1. The predicted molar refractivity (Wildman–Crippen MR) is 85.1 cm³/mol. The van der Waals surface area contributed by atoms with Gasteiger partial charge in [0.25, 0.3) is 0 Å². The highest BCUT2D eigenvalue weighted by molar-refractivity contribution is 5.94. The highest BCUT2D eigenvalue weighted by Crippen LogP contribution is 2.21. The second kappa shape index (κ2) is 6.58. The van der Waals surface area contributed by atoms with Gasteiger partial charge in [0, 0.05) is 6.07 Å². The first-order chi connectivity index (χ1) is 10.7. The molecule has 1 aliphatic heterocycles. The monoisotopic (exact) mass is 297 g/mol. The molecule has 1 aromatic heterocycles. The topological polar surface area (TPSA) is 63.2 Å². The van der Waals surface area contributed by atoms with Crippen LogP contribution >= 0.6 is 0 Å². The van der Waals surface area contributed by atoms with E-state index in [1.165, 1.54) is 5.56 Å². The van der Waals surface area contributed by atoms with Gasteiger partial charge in [-0.1, -0.05) is 17.7 Å². The summed E-state index contributed by atoms with van der Waals surface area (Å²) in [5.74, 6) is 1.23. The molecule has 3 rings (SSSR count). The standard InChI is InChI=1S/C17H19N3O2/c1-12-4-7-14(8-5-12)22-16-9-6-13(11-19-16)20-17(21)15-3-2-10-18-15/h4-9,11,15,18H,2-3,10H2,1H3,(H,20,21). The number of nitrogens with zero attached hydrogens (tertiary/aromatic N) is 1. The lowest BCUT2D eigenvalue weighted by atomic mass is 10.2. The molecule has 1 unspecified atom stereocenters. The van der Waals surface area contributed by atoms with Crippen molar-refractivity contribution >= 4 is 11.6 Å². The van der Waals surface area contributed by atoms with E-state index >= 15 is 0 Å². The van der Waals surface area contributed by atoms with E-state index in [0.717, 1.165) is 25.1 Å². The molecule has 5 nitrogen and oxygen atoms in total. The van der Waals surface area contributed by atoms with Gasteiger partial charge in [-0.2, -0.15) is 0 Å². The summed E-state index contributed by atoms with van der Waals surface area (Å²) in [5.41, 5.74) is 1.86. The smallest absolute Gasteiger partial charge is 0.241 e. The van der Waals surface area contributed by atoms with E-state index < -0.39 is 0 Å². The van der Waals surface area contributed by atoms with Gasteiger partial charge in [-0.15, -0.1) is 0 Å². The molecule has 0 radical (unpaired) electrons. The highest BCUT2D eigenvalue weighted by atomic mass is 16.5. The van der Waals surface area contributed by atoms with E-state index in [1.54, 1.807) is 18.3 Å². The van der Waals surface area contributed by atoms with Crippen molar-refractivity contribution in [3.05, 3.63) is 48.2 Å². The second-order valence-corrected chi connectivity index (χ2v) is 5.44. The largest absolute Gasteiger partial charge is 0.439 e. The summed E-state index contributed by atoms with van der Waals surface area (Å²) in [6.45, 7) is 2.93. The Kier molecular flexibility index (Phi) is 4.34. The van der Waals surface area contributed by atoms with Gasteiger partial charge in [-0.3, -0.25) is 4.79 Å². The fourth-order valence-corrected chi connectivity index (χ4v) is 2.38. The number of hydrogen-bond donors (Lipinski definition) is 2. The van der Waals surface area contributed by atoms with Gasteiger partial charge >= 0.3 is 0 Å². The zero-order valence-corrected chi connectivity index (χ0v) is 12.5. The number of ether oxygens (including phenoxy) is 1. The summed E-state index contributed by atoms with van der Waals surface area (Å²) >= 11 is 0. The summed E-state index contributed by atoms with van der Waals surface area (Å²) < 4.78 is 5.66. The van der Waals surface area contributed by atoms with Crippen LogP contribution in [-0.2, 0) is 4.79 Å². The van der Waals surface area contributed by atoms with Gasteiger partial charge in [-0.25, -0.2) is 4.98 Å². The average Bonchev–Trinajstić information content (AvgIpc) is 3.06. The molecular formula is C17H19N3O2. The third-order valence-corrected chi connectivity index (χ3v) is 3.62. The van der Waals surface area contributed by atoms with Gasteiger partial charge in [-0.05, 0) is 44.5 Å². The van der Waals surface area contributed by atoms with Crippen molar-refractivity contribution in [1.29, 1.82) is 0 Å². The molecule has 0 bridgehead atoms. The Morgan fingerprint density at radius 1 is 1.27 bits per heavy atom. The minimum Gasteiger partial charge on any atom is -0.439 e. The number of anilines is 1. The third kappa shape index (κ3) is 3.62. The number of amides is 1. The van der Waals surface area contributed by atoms with Gasteiger partial charge in [0.05, 0.1) is 17.9 Å². The number of carbonyl (C=O) groups excluding carboxylic acids is 1. The molecule has 0 saturated carbocycles. The molecule has 0 spiro atoms. The summed E-state index contributed by atoms with van der Waals surface area (Å²) in [4.78, 5) is 16.2. The number of rotatable bonds is 4. The van der Waals surface area contributed by atoms with E-state index in [-0.39, 0.29) is 11.9 Å². The van der Waals surface area contributed by atoms with Crippen LogP contribution in [0.4, 0.5) is 5.69 Å². The summed E-state index contributed by atoms with van der Waals surface area (Å²) in [6, 6.07) is 11.2. The van der Waals surface area contributed by atoms with Crippen LogP contribution in [0.3, 0.4) is 0 Å². The lowest BCUT2D eigenvalue weighted by Gasteiger charge is -2.11. The summed E-state index contributed by atoms with van der Waals surface area (Å²) in [5, 5.41) is 6.03. The first-order valence-electron chi connectivity index (χ1n) is 7.45. The Hall–Kier alpha value is -2.40. The number of hydrogen-bond acceptors (Lipinski definition) is 4. The molecule has 1 saturated heterocycles. The SMILES string of the molecule is Cc1ccc(Oc2ccc(NC(=O)C3CCCN3)cn2)cc1. The van der Waals surface area contributed by atoms with Crippen LogP contribution in [0.1, 0.15) is 18.4 Å². The Morgan fingerprint density at radius 3 is 2.73 bits per heavy atom. The lowest BCUT2D eigenvalue weighted by Crippen LogP contribution is -2.35. The molecule has 2 heterocycles. The van der Waals surface area contributed by atoms with Gasteiger partial charge in [0.1, 0.15) is 5.75 Å². The molecule has 22 heavy (non-hydrogen) atoms. The fraction of sp³-hybridized carbons (Fsp3) is 0.294. The van der Waals surface area contributed by atoms with Gasteiger partial charge < -0.3 is 15.4 Å². The lowest BCUT2D eigenvalue weighted by molar-refractivity contribution is -0.117. The molecule has 1 aromatic carbocycles. The number of nitrogens with one attached hydrogen (secondary N) is 2. The molecule has 0 aliphatic carbocycles. The van der Waals surface area contributed by atoms with E-state index in [9.17, 15) is 4.79 Å². The van der Waals surface area contributed by atoms with Crippen molar-refractivity contribution in [1.82, 2.24) is 10.3 Å². The van der Waals surface area contributed by atoms with E-state index in [4.69, 9.17) is 4.74 Å². The molecule has 5 heteroatoms. The van der Waals surface area contributed by atoms with E-state index in [1.807, 2.05) is 31.2 Å². The Balaban J connectivity index is 1.60. The van der Waals surface area contributed by atoms with Crippen molar-refractivity contribution in [3.8, 4) is 11.6 Å².